The van der Waals surface area contributed by atoms with Gasteiger partial charge in [-0.25, -0.2) is 14.4 Å². The first-order valence-electron chi connectivity index (χ1n) is 7.64. The highest BCUT2D eigenvalue weighted by molar-refractivity contribution is 5.19. The Morgan fingerprint density at radius 2 is 1.77 bits per heavy atom. The van der Waals surface area contributed by atoms with Crippen molar-refractivity contribution in [2.24, 2.45) is 5.92 Å². The summed E-state index contributed by atoms with van der Waals surface area (Å²) in [5, 5.41) is 10.4. The summed E-state index contributed by atoms with van der Waals surface area (Å²) in [6.45, 7) is 2.59. The summed E-state index contributed by atoms with van der Waals surface area (Å²) in [6, 6.07) is 7.96. The van der Waals surface area contributed by atoms with Crippen LogP contribution in [-0.2, 0) is 6.54 Å². The zero-order chi connectivity index (χ0) is 15.4. The van der Waals surface area contributed by atoms with E-state index in [4.69, 9.17) is 0 Å². The predicted octanol–water partition coefficient (Wildman–Crippen LogP) is 2.56. The second-order valence-electron chi connectivity index (χ2n) is 5.77. The maximum absolute atomic E-state index is 13.0. The van der Waals surface area contributed by atoms with Crippen molar-refractivity contribution in [3.05, 3.63) is 59.9 Å². The van der Waals surface area contributed by atoms with E-state index in [1.165, 1.54) is 12.1 Å². The standard InChI is InChI=1S/C17H20FN3O/c18-15-4-2-13(3-5-15)17(22)14-6-10-21(11-7-14)12-16-19-8-1-9-20-16/h1-5,8-9,14,17,22H,6-7,10-12H2/t17-/m0/s1. The molecule has 4 nitrogen and oxygen atoms in total. The summed E-state index contributed by atoms with van der Waals surface area (Å²) >= 11 is 0. The van der Waals surface area contributed by atoms with Crippen LogP contribution in [0.3, 0.4) is 0 Å². The summed E-state index contributed by atoms with van der Waals surface area (Å²) in [4.78, 5) is 10.8. The van der Waals surface area contributed by atoms with E-state index in [-0.39, 0.29) is 11.7 Å². The molecule has 0 amide bonds. The van der Waals surface area contributed by atoms with Crippen molar-refractivity contribution in [1.29, 1.82) is 0 Å². The van der Waals surface area contributed by atoms with Crippen LogP contribution in [0.4, 0.5) is 4.39 Å². The van der Waals surface area contributed by atoms with E-state index < -0.39 is 6.10 Å². The topological polar surface area (TPSA) is 49.2 Å². The number of hydrogen-bond donors (Lipinski definition) is 1. The Morgan fingerprint density at radius 1 is 1.14 bits per heavy atom. The van der Waals surface area contributed by atoms with E-state index in [0.29, 0.717) is 0 Å². The Labute approximate surface area is 129 Å². The van der Waals surface area contributed by atoms with Crippen LogP contribution in [0, 0.1) is 11.7 Å². The average Bonchev–Trinajstić information content (AvgIpc) is 2.57. The van der Waals surface area contributed by atoms with E-state index in [9.17, 15) is 9.50 Å². The molecule has 1 aliphatic rings. The molecule has 0 bridgehead atoms. The Bertz CT molecular complexity index is 583. The third-order valence-corrected chi connectivity index (χ3v) is 4.27. The van der Waals surface area contributed by atoms with Crippen molar-refractivity contribution in [1.82, 2.24) is 14.9 Å². The van der Waals surface area contributed by atoms with Crippen molar-refractivity contribution in [2.45, 2.75) is 25.5 Å². The fourth-order valence-corrected chi connectivity index (χ4v) is 2.97. The highest BCUT2D eigenvalue weighted by atomic mass is 19.1. The molecular weight excluding hydrogens is 281 g/mol. The largest absolute Gasteiger partial charge is 0.388 e. The van der Waals surface area contributed by atoms with Gasteiger partial charge in [-0.2, -0.15) is 0 Å². The SMILES string of the molecule is O[C@@H](c1ccc(F)cc1)C1CCN(Cc2ncccn2)CC1. The molecule has 2 aromatic rings. The average molecular weight is 301 g/mol. The van der Waals surface area contributed by atoms with Crippen molar-refractivity contribution in [3.63, 3.8) is 0 Å². The first-order chi connectivity index (χ1) is 10.7. The normalized spacial score (nSPS) is 18.3. The molecule has 1 aromatic heterocycles. The maximum Gasteiger partial charge on any atom is 0.142 e. The van der Waals surface area contributed by atoms with E-state index in [0.717, 1.165) is 43.9 Å². The van der Waals surface area contributed by atoms with Crippen molar-refractivity contribution >= 4 is 0 Å². The van der Waals surface area contributed by atoms with Crippen LogP contribution in [0.15, 0.2) is 42.7 Å². The molecule has 0 saturated carbocycles. The van der Waals surface area contributed by atoms with Gasteiger partial charge in [0.2, 0.25) is 0 Å². The number of benzene rings is 1. The van der Waals surface area contributed by atoms with Crippen LogP contribution in [0.25, 0.3) is 0 Å². The van der Waals surface area contributed by atoms with Crippen molar-refractivity contribution in [3.8, 4) is 0 Å². The summed E-state index contributed by atoms with van der Waals surface area (Å²) in [5.74, 6) is 0.784. The predicted molar refractivity (Wildman–Crippen MR) is 81.4 cm³/mol. The molecule has 0 spiro atoms. The summed E-state index contributed by atoms with van der Waals surface area (Å²) in [7, 11) is 0. The molecule has 22 heavy (non-hydrogen) atoms. The molecule has 1 atom stereocenters. The number of halogens is 1. The highest BCUT2D eigenvalue weighted by Crippen LogP contribution is 2.31. The van der Waals surface area contributed by atoms with Gasteiger partial charge in [-0.3, -0.25) is 4.90 Å². The van der Waals surface area contributed by atoms with Crippen LogP contribution in [0.5, 0.6) is 0 Å². The van der Waals surface area contributed by atoms with Gasteiger partial charge >= 0.3 is 0 Å². The minimum Gasteiger partial charge on any atom is -0.388 e. The van der Waals surface area contributed by atoms with Crippen LogP contribution < -0.4 is 0 Å². The molecule has 0 aliphatic carbocycles. The number of aliphatic hydroxyl groups excluding tert-OH is 1. The lowest BCUT2D eigenvalue weighted by Gasteiger charge is -2.33. The number of rotatable bonds is 4. The smallest absolute Gasteiger partial charge is 0.142 e. The fourth-order valence-electron chi connectivity index (χ4n) is 2.97. The molecule has 0 radical (unpaired) electrons. The molecule has 1 fully saturated rings. The van der Waals surface area contributed by atoms with E-state index in [1.54, 1.807) is 24.5 Å². The number of likely N-dealkylation sites (tertiary alicyclic amines) is 1. The summed E-state index contributed by atoms with van der Waals surface area (Å²) in [6.07, 6.45) is 4.84. The monoisotopic (exact) mass is 301 g/mol. The Kier molecular flexibility index (Phi) is 4.75. The minimum atomic E-state index is -0.518. The zero-order valence-corrected chi connectivity index (χ0v) is 12.4. The molecule has 1 aliphatic heterocycles. The van der Waals surface area contributed by atoms with Crippen molar-refractivity contribution in [2.75, 3.05) is 13.1 Å². The van der Waals surface area contributed by atoms with Crippen molar-refractivity contribution < 1.29 is 9.50 Å². The summed E-state index contributed by atoms with van der Waals surface area (Å²) < 4.78 is 13.0. The second kappa shape index (κ2) is 6.94. The van der Waals surface area contributed by atoms with Gasteiger partial charge in [0.15, 0.2) is 0 Å². The number of nitrogens with zero attached hydrogens (tertiary/aromatic N) is 3. The Hall–Kier alpha value is -1.85. The van der Waals surface area contributed by atoms with Gasteiger partial charge in [-0.05, 0) is 55.6 Å². The van der Waals surface area contributed by atoms with Gasteiger partial charge in [-0.1, -0.05) is 12.1 Å². The van der Waals surface area contributed by atoms with Gasteiger partial charge in [-0.15, -0.1) is 0 Å². The molecule has 116 valence electrons. The van der Waals surface area contributed by atoms with Crippen LogP contribution in [-0.4, -0.2) is 33.1 Å². The molecule has 0 unspecified atom stereocenters. The van der Waals surface area contributed by atoms with Gasteiger partial charge in [0.05, 0.1) is 12.6 Å². The van der Waals surface area contributed by atoms with Gasteiger partial charge in [0.1, 0.15) is 11.6 Å². The molecule has 2 heterocycles. The highest BCUT2D eigenvalue weighted by Gasteiger charge is 2.26. The Balaban J connectivity index is 1.54. The number of hydrogen-bond acceptors (Lipinski definition) is 4. The zero-order valence-electron chi connectivity index (χ0n) is 12.4. The van der Waals surface area contributed by atoms with Crippen LogP contribution in [0.1, 0.15) is 30.3 Å². The third kappa shape index (κ3) is 3.67. The molecule has 1 saturated heterocycles. The van der Waals surface area contributed by atoms with Gasteiger partial charge in [0, 0.05) is 12.4 Å². The molecule has 5 heteroatoms. The first kappa shape index (κ1) is 15.1. The lowest BCUT2D eigenvalue weighted by molar-refractivity contribution is 0.0560. The molecular formula is C17H20FN3O. The third-order valence-electron chi connectivity index (χ3n) is 4.27. The first-order valence-corrected chi connectivity index (χ1v) is 7.64. The minimum absolute atomic E-state index is 0.221. The lowest BCUT2D eigenvalue weighted by atomic mass is 9.87. The molecule has 1 aromatic carbocycles. The molecule has 1 N–H and O–H groups in total. The second-order valence-corrected chi connectivity index (χ2v) is 5.77. The van der Waals surface area contributed by atoms with Gasteiger partial charge in [0.25, 0.3) is 0 Å². The number of aromatic nitrogens is 2. The van der Waals surface area contributed by atoms with Gasteiger partial charge < -0.3 is 5.11 Å². The lowest BCUT2D eigenvalue weighted by Crippen LogP contribution is -2.35. The summed E-state index contributed by atoms with van der Waals surface area (Å²) in [5.41, 5.74) is 0.797. The number of piperidine rings is 1. The number of aliphatic hydroxyl groups is 1. The quantitative estimate of drug-likeness (QED) is 0.943. The van der Waals surface area contributed by atoms with E-state index in [1.807, 2.05) is 6.07 Å². The van der Waals surface area contributed by atoms with E-state index >= 15 is 0 Å². The van der Waals surface area contributed by atoms with Crippen LogP contribution in [0.2, 0.25) is 0 Å². The van der Waals surface area contributed by atoms with Crippen LogP contribution >= 0.6 is 0 Å². The fraction of sp³-hybridized carbons (Fsp3) is 0.412. The molecule has 3 rings (SSSR count). The van der Waals surface area contributed by atoms with E-state index in [2.05, 4.69) is 14.9 Å². The maximum atomic E-state index is 13.0. The Morgan fingerprint density at radius 3 is 2.41 bits per heavy atom.